The van der Waals surface area contributed by atoms with Crippen LogP contribution in [0.15, 0.2) is 36.0 Å². The Morgan fingerprint density at radius 3 is 2.77 bits per heavy atom. The van der Waals surface area contributed by atoms with Crippen LogP contribution in [0.5, 0.6) is 0 Å². The van der Waals surface area contributed by atoms with E-state index in [0.29, 0.717) is 11.2 Å². The van der Waals surface area contributed by atoms with Gasteiger partial charge in [-0.1, -0.05) is 12.2 Å². The van der Waals surface area contributed by atoms with Crippen molar-refractivity contribution in [3.8, 4) is 0 Å². The van der Waals surface area contributed by atoms with Crippen molar-refractivity contribution in [1.82, 2.24) is 34.1 Å². The zero-order chi connectivity index (χ0) is 30.1. The summed E-state index contributed by atoms with van der Waals surface area (Å²) in [4.78, 5) is 42.0. The second-order valence-corrected chi connectivity index (χ2v) is 15.6. The van der Waals surface area contributed by atoms with Crippen molar-refractivity contribution in [2.75, 3.05) is 18.9 Å². The molecular weight excluding hydrogens is 653 g/mol. The molecule has 3 aliphatic heterocycles. The topological polar surface area (TPSA) is 213 Å². The van der Waals surface area contributed by atoms with Gasteiger partial charge in [-0.3, -0.25) is 22.9 Å². The second-order valence-electron chi connectivity index (χ2n) is 9.91. The van der Waals surface area contributed by atoms with E-state index in [2.05, 4.69) is 37.2 Å². The molecule has 0 saturated carbocycles. The van der Waals surface area contributed by atoms with Crippen molar-refractivity contribution < 1.29 is 41.4 Å². The third-order valence-electron chi connectivity index (χ3n) is 7.21. The van der Waals surface area contributed by atoms with E-state index in [0.717, 1.165) is 0 Å². The number of alkyl halides is 1. The molecule has 4 N–H and O–H groups in total. The molecule has 2 bridgehead atoms. The quantitative estimate of drug-likeness (QED) is 0.176. The maximum Gasteiger partial charge on any atom is 0.386 e. The molecule has 0 amide bonds. The summed E-state index contributed by atoms with van der Waals surface area (Å²) in [5.41, 5.74) is 6.28. The molecular formula is C21H23FN8O9P2S2. The predicted molar refractivity (Wildman–Crippen MR) is 152 cm³/mol. The number of aromatic nitrogens is 7. The molecule has 3 saturated heterocycles. The van der Waals surface area contributed by atoms with Crippen LogP contribution in [0.3, 0.4) is 0 Å². The third-order valence-corrected chi connectivity index (χ3v) is 10.4. The number of nitrogens with one attached hydrogen (secondary N) is 1. The summed E-state index contributed by atoms with van der Waals surface area (Å²) in [6, 6.07) is 1.45. The van der Waals surface area contributed by atoms with Crippen LogP contribution in [0.1, 0.15) is 18.9 Å². The average Bonchev–Trinajstić information content (AvgIpc) is 3.72. The van der Waals surface area contributed by atoms with E-state index in [1.54, 1.807) is 0 Å². The Morgan fingerprint density at radius 2 is 1.93 bits per heavy atom. The number of ether oxygens (including phenoxy) is 2. The average molecular weight is 677 g/mol. The molecule has 4 aromatic rings. The van der Waals surface area contributed by atoms with Gasteiger partial charge in [0.1, 0.15) is 35.8 Å². The summed E-state index contributed by atoms with van der Waals surface area (Å²) >= 11 is 9.35. The Kier molecular flexibility index (Phi) is 7.46. The first-order valence-electron chi connectivity index (χ1n) is 12.7. The highest BCUT2D eigenvalue weighted by atomic mass is 32.7. The summed E-state index contributed by atoms with van der Waals surface area (Å²) in [5.74, 6) is 0.147. The lowest BCUT2D eigenvalue weighted by Gasteiger charge is -2.27. The number of hydrogen-bond acceptors (Lipinski definition) is 14. The van der Waals surface area contributed by atoms with Crippen molar-refractivity contribution in [3.05, 3.63) is 41.6 Å². The first kappa shape index (κ1) is 29.4. The van der Waals surface area contributed by atoms with Gasteiger partial charge in [-0.2, -0.15) is 0 Å². The number of hydrogen-bond donors (Lipinski definition) is 4. The van der Waals surface area contributed by atoms with Gasteiger partial charge < -0.3 is 34.2 Å². The number of anilines is 1. The van der Waals surface area contributed by atoms with E-state index in [1.165, 1.54) is 40.4 Å². The van der Waals surface area contributed by atoms with Crippen molar-refractivity contribution in [1.29, 1.82) is 0 Å². The Labute approximate surface area is 250 Å². The van der Waals surface area contributed by atoms with Crippen LogP contribution in [-0.4, -0.2) is 82.7 Å². The standard InChI is InChI=1S/C21H23FN8O9P2S2/c22-13-15-12(37-21(13)29-2-1-10-17(29)25-7-27-19(10)31)5-35-40(32,42)38-11-3-9(4-34-41(33,43)39-15)36-20(11)30-8-28-14-16(23)24-6-26-18(14)30/h1-2,6-9,11-13,15,20-21H,3-5H2,(H,32,42)(H,33,43)(H2,23,24,26)(H,25,27,31)/t9-,11+,12+,13-,15+,20+,21+,40?,41?/m0/s1. The minimum atomic E-state index is -4.15. The van der Waals surface area contributed by atoms with Crippen LogP contribution >= 0.6 is 25.8 Å². The van der Waals surface area contributed by atoms with E-state index >= 15 is 4.39 Å². The highest BCUT2D eigenvalue weighted by Crippen LogP contribution is 2.58. The highest BCUT2D eigenvalue weighted by Gasteiger charge is 2.51. The van der Waals surface area contributed by atoms with Crippen molar-refractivity contribution in [2.45, 2.75) is 49.5 Å². The normalized spacial score (nSPS) is 37.1. The summed E-state index contributed by atoms with van der Waals surface area (Å²) < 4.78 is 66.8. The molecule has 0 spiro atoms. The number of nitrogen functional groups attached to an aromatic ring is 1. The zero-order valence-corrected chi connectivity index (χ0v) is 25.2. The van der Waals surface area contributed by atoms with Crippen LogP contribution < -0.4 is 11.3 Å². The zero-order valence-electron chi connectivity index (χ0n) is 21.7. The molecule has 22 heteroatoms. The van der Waals surface area contributed by atoms with Gasteiger partial charge in [0.25, 0.3) is 5.56 Å². The van der Waals surface area contributed by atoms with Gasteiger partial charge in [0.15, 0.2) is 30.1 Å². The van der Waals surface area contributed by atoms with Gasteiger partial charge in [0.2, 0.25) is 0 Å². The predicted octanol–water partition coefficient (Wildman–Crippen LogP) is 1.74. The van der Waals surface area contributed by atoms with Crippen molar-refractivity contribution >= 4 is 65.6 Å². The lowest BCUT2D eigenvalue weighted by atomic mass is 10.1. The van der Waals surface area contributed by atoms with E-state index in [1.807, 2.05) is 0 Å². The number of aromatic amines is 1. The number of thiol groups is 1. The molecule has 0 aliphatic carbocycles. The molecule has 17 nitrogen and oxygen atoms in total. The Morgan fingerprint density at radius 1 is 1.09 bits per heavy atom. The number of rotatable bonds is 2. The molecule has 230 valence electrons. The number of halogens is 1. The molecule has 3 aliphatic rings. The molecule has 7 rings (SSSR count). The van der Waals surface area contributed by atoms with E-state index in [9.17, 15) is 14.3 Å². The molecule has 0 radical (unpaired) electrons. The summed E-state index contributed by atoms with van der Waals surface area (Å²) in [5, 5.41) is 0.200. The number of imidazole rings is 1. The minimum absolute atomic E-state index is 0.109. The van der Waals surface area contributed by atoms with Crippen molar-refractivity contribution in [3.63, 3.8) is 0 Å². The van der Waals surface area contributed by atoms with Gasteiger partial charge in [0.05, 0.1) is 37.4 Å². The van der Waals surface area contributed by atoms with Crippen LogP contribution in [0.25, 0.3) is 22.2 Å². The fourth-order valence-corrected chi connectivity index (χ4v) is 8.26. The molecule has 7 heterocycles. The number of H-pyrrole nitrogens is 1. The lowest BCUT2D eigenvalue weighted by Crippen LogP contribution is -2.34. The van der Waals surface area contributed by atoms with Gasteiger partial charge in [-0.25, -0.2) is 28.9 Å². The van der Waals surface area contributed by atoms with Crippen LogP contribution in [0.2, 0.25) is 0 Å². The minimum Gasteiger partial charge on any atom is -0.382 e. The fourth-order valence-electron chi connectivity index (χ4n) is 5.32. The fraction of sp³-hybridized carbons (Fsp3) is 0.476. The van der Waals surface area contributed by atoms with E-state index < -0.39 is 68.7 Å². The number of nitrogens with two attached hydrogens (primary N) is 1. The molecule has 3 fully saturated rings. The Hall–Kier alpha value is -2.35. The maximum atomic E-state index is 16.0. The molecule has 9 atom stereocenters. The molecule has 4 aromatic heterocycles. The molecule has 2 unspecified atom stereocenters. The first-order chi connectivity index (χ1) is 20.5. The maximum absolute atomic E-state index is 16.0. The van der Waals surface area contributed by atoms with E-state index in [4.69, 9.17) is 45.1 Å². The van der Waals surface area contributed by atoms with Gasteiger partial charge in [-0.05, 0) is 17.9 Å². The monoisotopic (exact) mass is 676 g/mol. The van der Waals surface area contributed by atoms with Gasteiger partial charge in [0, 0.05) is 12.6 Å². The smallest absolute Gasteiger partial charge is 0.382 e. The largest absolute Gasteiger partial charge is 0.386 e. The number of fused-ring (bicyclic) bond motifs is 5. The van der Waals surface area contributed by atoms with Crippen molar-refractivity contribution in [2.24, 2.45) is 0 Å². The van der Waals surface area contributed by atoms with Gasteiger partial charge >= 0.3 is 13.5 Å². The van der Waals surface area contributed by atoms with E-state index in [-0.39, 0.29) is 29.9 Å². The Bertz CT molecular complexity index is 1860. The highest BCUT2D eigenvalue weighted by molar-refractivity contribution is 8.44. The second kappa shape index (κ2) is 10.9. The van der Waals surface area contributed by atoms with Crippen LogP contribution in [0.4, 0.5) is 10.2 Å². The van der Waals surface area contributed by atoms with Gasteiger partial charge in [-0.15, -0.1) is 0 Å². The Balaban J connectivity index is 1.18. The van der Waals surface area contributed by atoms with Crippen LogP contribution in [0, 0.1) is 0 Å². The summed E-state index contributed by atoms with van der Waals surface area (Å²) in [6.45, 7) is -9.07. The molecule has 0 aromatic carbocycles. The summed E-state index contributed by atoms with van der Waals surface area (Å²) in [7, 11) is 0. The SMILES string of the molecule is Nc1ncnc2c1ncn2[C@@H]1O[C@@H]2COP(O)(=S)O[C@H]3[C@H](F)[C@H](n4ccc5c(=O)[nH]cnc54)O[C@@H]3COP(=O)(S)O[C@@H]1C2. The summed E-state index contributed by atoms with van der Waals surface area (Å²) in [6.07, 6.45) is -3.35. The first-order valence-corrected chi connectivity index (χ1v) is 18.0. The third kappa shape index (κ3) is 5.44. The molecule has 43 heavy (non-hydrogen) atoms. The number of nitrogens with zero attached hydrogens (tertiary/aromatic N) is 6. The van der Waals surface area contributed by atoms with Crippen LogP contribution in [-0.2, 0) is 43.9 Å². The lowest BCUT2D eigenvalue weighted by molar-refractivity contribution is -0.0574.